The van der Waals surface area contributed by atoms with E-state index >= 15 is 0 Å². The maximum Gasteiger partial charge on any atom is 0.278 e. The van der Waals surface area contributed by atoms with Crippen LogP contribution in [-0.2, 0) is 16.0 Å². The van der Waals surface area contributed by atoms with Gasteiger partial charge in [0.25, 0.3) is 11.8 Å². The van der Waals surface area contributed by atoms with E-state index in [9.17, 15) is 9.59 Å². The molecule has 5 heteroatoms. The summed E-state index contributed by atoms with van der Waals surface area (Å²) in [6.45, 7) is 4.72. The lowest BCUT2D eigenvalue weighted by Crippen LogP contribution is -2.44. The Balaban J connectivity index is 1.60. The average molecular weight is 445 g/mol. The molecule has 2 aromatic rings. The fourth-order valence-electron chi connectivity index (χ4n) is 5.45. The van der Waals surface area contributed by atoms with Crippen LogP contribution in [0.4, 0.5) is 5.69 Å². The lowest BCUT2D eigenvalue weighted by Gasteiger charge is -2.33. The standard InChI is InChI=1S/C28H32N2O3/c1-19(2)33-23-16-14-21(15-17-23)25-26(29-18-8-10-20-9-6-7-13-24(20)29)28(32)30(27(25)31)22-11-4-3-5-12-22/h6-7,9,13-17,19,22H,3-5,8,10-12,18H2,1-2H3. The maximum atomic E-state index is 13.9. The Morgan fingerprint density at radius 2 is 1.61 bits per heavy atom. The lowest BCUT2D eigenvalue weighted by atomic mass is 9.94. The zero-order valence-electron chi connectivity index (χ0n) is 19.5. The summed E-state index contributed by atoms with van der Waals surface area (Å²) in [7, 11) is 0. The Hall–Kier alpha value is -3.08. The van der Waals surface area contributed by atoms with Crippen LogP contribution in [0.25, 0.3) is 5.57 Å². The van der Waals surface area contributed by atoms with Crippen LogP contribution in [0.2, 0.25) is 0 Å². The van der Waals surface area contributed by atoms with Crippen molar-refractivity contribution in [3.63, 3.8) is 0 Å². The molecule has 1 saturated carbocycles. The summed E-state index contributed by atoms with van der Waals surface area (Å²) in [4.78, 5) is 31.4. The molecule has 0 radical (unpaired) electrons. The predicted molar refractivity (Wildman–Crippen MR) is 130 cm³/mol. The van der Waals surface area contributed by atoms with Gasteiger partial charge in [-0.05, 0) is 68.9 Å². The topological polar surface area (TPSA) is 49.9 Å². The molecule has 0 N–H and O–H groups in total. The van der Waals surface area contributed by atoms with Gasteiger partial charge >= 0.3 is 0 Å². The van der Waals surface area contributed by atoms with Crippen LogP contribution in [0.1, 0.15) is 63.5 Å². The first-order valence-electron chi connectivity index (χ1n) is 12.3. The highest BCUT2D eigenvalue weighted by atomic mass is 16.5. The molecular formula is C28H32N2O3. The summed E-state index contributed by atoms with van der Waals surface area (Å²) in [6, 6.07) is 15.9. The van der Waals surface area contributed by atoms with Gasteiger partial charge in [-0.1, -0.05) is 49.6 Å². The van der Waals surface area contributed by atoms with Crippen LogP contribution in [0.3, 0.4) is 0 Å². The number of carbonyl (C=O) groups is 2. The smallest absolute Gasteiger partial charge is 0.278 e. The van der Waals surface area contributed by atoms with Crippen LogP contribution < -0.4 is 9.64 Å². The van der Waals surface area contributed by atoms with E-state index in [4.69, 9.17) is 4.74 Å². The van der Waals surface area contributed by atoms with E-state index in [2.05, 4.69) is 17.0 Å². The third kappa shape index (κ3) is 4.05. The first kappa shape index (κ1) is 21.7. The second-order valence-corrected chi connectivity index (χ2v) is 9.57. The van der Waals surface area contributed by atoms with Gasteiger partial charge in [-0.25, -0.2) is 0 Å². The van der Waals surface area contributed by atoms with E-state index in [-0.39, 0.29) is 24.0 Å². The van der Waals surface area contributed by atoms with Crippen molar-refractivity contribution in [3.8, 4) is 5.75 Å². The number of hydrogen-bond donors (Lipinski definition) is 0. The molecule has 5 nitrogen and oxygen atoms in total. The summed E-state index contributed by atoms with van der Waals surface area (Å²) in [6.07, 6.45) is 7.14. The van der Waals surface area contributed by atoms with Gasteiger partial charge < -0.3 is 9.64 Å². The second-order valence-electron chi connectivity index (χ2n) is 9.57. The molecule has 0 bridgehead atoms. The fourth-order valence-corrected chi connectivity index (χ4v) is 5.45. The highest BCUT2D eigenvalue weighted by Crippen LogP contribution is 2.40. The minimum Gasteiger partial charge on any atom is -0.491 e. The molecule has 0 atom stereocenters. The van der Waals surface area contributed by atoms with E-state index in [1.807, 2.05) is 50.2 Å². The van der Waals surface area contributed by atoms with Crippen molar-refractivity contribution in [1.29, 1.82) is 0 Å². The van der Waals surface area contributed by atoms with Crippen LogP contribution in [0.5, 0.6) is 5.75 Å². The monoisotopic (exact) mass is 444 g/mol. The largest absolute Gasteiger partial charge is 0.491 e. The number of rotatable bonds is 5. The highest BCUT2D eigenvalue weighted by Gasteiger charge is 2.45. The van der Waals surface area contributed by atoms with Gasteiger partial charge in [-0.2, -0.15) is 0 Å². The normalized spacial score (nSPS) is 19.5. The Labute approximate surface area is 196 Å². The Bertz CT molecular complexity index is 1080. The summed E-state index contributed by atoms with van der Waals surface area (Å²) < 4.78 is 5.80. The number of aryl methyl sites for hydroxylation is 1. The van der Waals surface area contributed by atoms with Crippen molar-refractivity contribution in [2.45, 2.75) is 70.9 Å². The minimum atomic E-state index is -0.150. The number of imide groups is 1. The van der Waals surface area contributed by atoms with Crippen LogP contribution in [-0.4, -0.2) is 35.4 Å². The van der Waals surface area contributed by atoms with Gasteiger partial charge in [0.2, 0.25) is 0 Å². The van der Waals surface area contributed by atoms with Crippen molar-refractivity contribution < 1.29 is 14.3 Å². The van der Waals surface area contributed by atoms with Gasteiger partial charge in [0.1, 0.15) is 11.4 Å². The van der Waals surface area contributed by atoms with Crippen molar-refractivity contribution in [1.82, 2.24) is 4.90 Å². The molecule has 2 aliphatic heterocycles. The highest BCUT2D eigenvalue weighted by molar-refractivity contribution is 6.37. The summed E-state index contributed by atoms with van der Waals surface area (Å²) in [5.41, 5.74) is 4.12. The van der Waals surface area contributed by atoms with Crippen LogP contribution in [0.15, 0.2) is 54.2 Å². The maximum absolute atomic E-state index is 13.9. The number of nitrogens with zero attached hydrogens (tertiary/aromatic N) is 2. The first-order valence-corrected chi connectivity index (χ1v) is 12.3. The quantitative estimate of drug-likeness (QED) is 0.584. The van der Waals surface area contributed by atoms with Gasteiger partial charge in [0, 0.05) is 18.3 Å². The molecule has 1 aliphatic carbocycles. The second kappa shape index (κ2) is 9.05. The molecule has 2 heterocycles. The summed E-state index contributed by atoms with van der Waals surface area (Å²) in [5.74, 6) is 0.476. The number of carbonyl (C=O) groups excluding carboxylic acids is 2. The molecule has 33 heavy (non-hydrogen) atoms. The van der Waals surface area contributed by atoms with Crippen LogP contribution >= 0.6 is 0 Å². The van der Waals surface area contributed by atoms with Gasteiger partial charge in [-0.3, -0.25) is 14.5 Å². The summed E-state index contributed by atoms with van der Waals surface area (Å²) in [5, 5.41) is 0. The predicted octanol–water partition coefficient (Wildman–Crippen LogP) is 5.34. The number of fused-ring (bicyclic) bond motifs is 1. The van der Waals surface area contributed by atoms with E-state index in [0.29, 0.717) is 11.3 Å². The number of hydrogen-bond acceptors (Lipinski definition) is 4. The minimum absolute atomic E-state index is 0.00479. The number of anilines is 1. The number of benzene rings is 2. The Morgan fingerprint density at radius 3 is 2.33 bits per heavy atom. The number of ether oxygens (including phenoxy) is 1. The Kier molecular flexibility index (Phi) is 5.96. The van der Waals surface area contributed by atoms with E-state index < -0.39 is 0 Å². The molecule has 0 saturated heterocycles. The van der Waals surface area contributed by atoms with Crippen molar-refractivity contribution >= 4 is 23.1 Å². The molecule has 3 aliphatic rings. The van der Waals surface area contributed by atoms with Gasteiger partial charge in [0.15, 0.2) is 0 Å². The molecule has 172 valence electrons. The number of para-hydroxylation sites is 1. The lowest BCUT2D eigenvalue weighted by molar-refractivity contribution is -0.140. The molecule has 0 unspecified atom stereocenters. The van der Waals surface area contributed by atoms with Crippen molar-refractivity contribution in [3.05, 3.63) is 65.4 Å². The Morgan fingerprint density at radius 1 is 0.879 bits per heavy atom. The van der Waals surface area contributed by atoms with Crippen molar-refractivity contribution in [2.24, 2.45) is 0 Å². The van der Waals surface area contributed by atoms with Gasteiger partial charge in [0.05, 0.1) is 11.7 Å². The zero-order chi connectivity index (χ0) is 22.9. The SMILES string of the molecule is CC(C)Oc1ccc(C2=C(N3CCCc4ccccc43)C(=O)N(C3CCCCC3)C2=O)cc1. The molecule has 2 amide bonds. The molecule has 0 spiro atoms. The van der Waals surface area contributed by atoms with E-state index in [0.717, 1.165) is 62.1 Å². The van der Waals surface area contributed by atoms with Gasteiger partial charge in [-0.15, -0.1) is 0 Å². The summed E-state index contributed by atoms with van der Waals surface area (Å²) >= 11 is 0. The number of amides is 2. The average Bonchev–Trinajstić information content (AvgIpc) is 3.09. The van der Waals surface area contributed by atoms with E-state index in [1.165, 1.54) is 12.0 Å². The third-order valence-corrected chi connectivity index (χ3v) is 6.93. The molecule has 1 fully saturated rings. The molecule has 2 aromatic carbocycles. The molecule has 5 rings (SSSR count). The van der Waals surface area contributed by atoms with E-state index in [1.54, 1.807) is 4.90 Å². The molecular weight excluding hydrogens is 412 g/mol. The third-order valence-electron chi connectivity index (χ3n) is 6.93. The molecule has 0 aromatic heterocycles. The van der Waals surface area contributed by atoms with Crippen molar-refractivity contribution in [2.75, 3.05) is 11.4 Å². The first-order chi connectivity index (χ1) is 16.0. The zero-order valence-corrected chi connectivity index (χ0v) is 19.5. The van der Waals surface area contributed by atoms with Crippen LogP contribution in [0, 0.1) is 0 Å². The fraction of sp³-hybridized carbons (Fsp3) is 0.429.